The molecule has 0 atom stereocenters. The first-order valence-corrected chi connectivity index (χ1v) is 9.50. The van der Waals surface area contributed by atoms with E-state index < -0.39 is 5.91 Å². The largest absolute Gasteiger partial charge is 0.493 e. The number of hydrogen-bond donors (Lipinski definition) is 2. The number of para-hydroxylation sites is 1. The van der Waals surface area contributed by atoms with E-state index in [1.54, 1.807) is 30.3 Å². The summed E-state index contributed by atoms with van der Waals surface area (Å²) in [7, 11) is 2.92. The average molecular weight is 425 g/mol. The molecule has 0 fully saturated rings. The zero-order valence-electron chi connectivity index (χ0n) is 16.8. The number of carbonyl (C=O) groups excluding carboxylic acids is 2. The van der Waals surface area contributed by atoms with Gasteiger partial charge in [0.15, 0.2) is 11.5 Å². The summed E-state index contributed by atoms with van der Waals surface area (Å²) in [6.45, 7) is 1.94. The van der Waals surface area contributed by atoms with Crippen molar-refractivity contribution < 1.29 is 19.1 Å². The van der Waals surface area contributed by atoms with Crippen LogP contribution in [0.25, 0.3) is 0 Å². The Hall–Kier alpha value is -3.51. The van der Waals surface area contributed by atoms with Crippen molar-refractivity contribution in [1.29, 1.82) is 0 Å². The van der Waals surface area contributed by atoms with Crippen LogP contribution < -0.4 is 20.1 Å². The Morgan fingerprint density at radius 2 is 1.63 bits per heavy atom. The van der Waals surface area contributed by atoms with Gasteiger partial charge in [0.2, 0.25) is 0 Å². The van der Waals surface area contributed by atoms with Crippen LogP contribution in [0.2, 0.25) is 5.02 Å². The Morgan fingerprint density at radius 3 is 2.33 bits per heavy atom. The quantitative estimate of drug-likeness (QED) is 0.572. The first-order chi connectivity index (χ1) is 14.4. The second kappa shape index (κ2) is 9.33. The monoisotopic (exact) mass is 424 g/mol. The number of aryl methyl sites for hydroxylation is 1. The molecule has 3 aromatic carbocycles. The molecule has 154 valence electrons. The fraction of sp³-hybridized carbons (Fsp3) is 0.130. The van der Waals surface area contributed by atoms with Crippen LogP contribution in [0.3, 0.4) is 0 Å². The van der Waals surface area contributed by atoms with Gasteiger partial charge in [-0.15, -0.1) is 0 Å². The topological polar surface area (TPSA) is 76.7 Å². The molecular weight excluding hydrogens is 404 g/mol. The predicted molar refractivity (Wildman–Crippen MR) is 118 cm³/mol. The van der Waals surface area contributed by atoms with Gasteiger partial charge < -0.3 is 20.1 Å². The van der Waals surface area contributed by atoms with Gasteiger partial charge in [0.05, 0.1) is 30.5 Å². The normalized spacial score (nSPS) is 10.3. The fourth-order valence-corrected chi connectivity index (χ4v) is 3.24. The van der Waals surface area contributed by atoms with Crippen molar-refractivity contribution in [2.75, 3.05) is 24.9 Å². The highest BCUT2D eigenvalue weighted by atomic mass is 35.5. The van der Waals surface area contributed by atoms with Gasteiger partial charge in [0.1, 0.15) is 0 Å². The van der Waals surface area contributed by atoms with E-state index in [0.717, 1.165) is 5.56 Å². The number of halogens is 1. The summed E-state index contributed by atoms with van der Waals surface area (Å²) in [5, 5.41) is 5.86. The molecule has 3 rings (SSSR count). The summed E-state index contributed by atoms with van der Waals surface area (Å²) >= 11 is 6.20. The summed E-state index contributed by atoms with van der Waals surface area (Å²) < 4.78 is 10.4. The van der Waals surface area contributed by atoms with Gasteiger partial charge in [-0.1, -0.05) is 35.9 Å². The van der Waals surface area contributed by atoms with Crippen LogP contribution in [0, 0.1) is 6.92 Å². The minimum Gasteiger partial charge on any atom is -0.493 e. The van der Waals surface area contributed by atoms with Crippen LogP contribution in [-0.4, -0.2) is 26.0 Å². The molecule has 0 aromatic heterocycles. The first kappa shape index (κ1) is 21.2. The van der Waals surface area contributed by atoms with Gasteiger partial charge in [-0.3, -0.25) is 9.59 Å². The summed E-state index contributed by atoms with van der Waals surface area (Å²) in [5.74, 6) is -0.0928. The summed E-state index contributed by atoms with van der Waals surface area (Å²) in [6.07, 6.45) is 0. The third-order valence-corrected chi connectivity index (χ3v) is 4.67. The molecule has 7 heteroatoms. The van der Waals surface area contributed by atoms with Crippen LogP contribution in [-0.2, 0) is 0 Å². The van der Waals surface area contributed by atoms with Crippen molar-refractivity contribution in [2.24, 2.45) is 0 Å². The van der Waals surface area contributed by atoms with Crippen molar-refractivity contribution in [3.63, 3.8) is 0 Å². The predicted octanol–water partition coefficient (Wildman–Crippen LogP) is 5.17. The fourth-order valence-electron chi connectivity index (χ4n) is 2.95. The Labute approximate surface area is 179 Å². The molecule has 0 aliphatic rings. The molecule has 0 aliphatic carbocycles. The number of hydrogen-bond acceptors (Lipinski definition) is 4. The zero-order chi connectivity index (χ0) is 21.7. The van der Waals surface area contributed by atoms with Gasteiger partial charge in [0, 0.05) is 11.3 Å². The van der Waals surface area contributed by atoms with Crippen LogP contribution in [0.4, 0.5) is 11.4 Å². The number of rotatable bonds is 6. The van der Waals surface area contributed by atoms with Crippen molar-refractivity contribution in [2.45, 2.75) is 6.92 Å². The van der Waals surface area contributed by atoms with Crippen LogP contribution in [0.1, 0.15) is 26.3 Å². The van der Waals surface area contributed by atoms with Gasteiger partial charge >= 0.3 is 0 Å². The van der Waals surface area contributed by atoms with Gasteiger partial charge in [-0.2, -0.15) is 0 Å². The number of anilines is 2. The van der Waals surface area contributed by atoms with Crippen LogP contribution in [0.5, 0.6) is 11.5 Å². The summed E-state index contributed by atoms with van der Waals surface area (Å²) in [5.41, 5.74) is 2.68. The van der Waals surface area contributed by atoms with Crippen molar-refractivity contribution in [3.05, 3.63) is 82.4 Å². The van der Waals surface area contributed by atoms with Gasteiger partial charge in [-0.05, 0) is 48.9 Å². The van der Waals surface area contributed by atoms with E-state index in [2.05, 4.69) is 10.6 Å². The van der Waals surface area contributed by atoms with E-state index in [-0.39, 0.29) is 16.5 Å². The van der Waals surface area contributed by atoms with E-state index in [0.29, 0.717) is 28.4 Å². The molecule has 0 aliphatic heterocycles. The number of amides is 2. The Bertz CT molecular complexity index is 1100. The molecule has 0 spiro atoms. The van der Waals surface area contributed by atoms with Crippen LogP contribution >= 0.6 is 11.6 Å². The van der Waals surface area contributed by atoms with Crippen molar-refractivity contribution in [3.8, 4) is 11.5 Å². The molecule has 0 unspecified atom stereocenters. The lowest BCUT2D eigenvalue weighted by atomic mass is 10.1. The van der Waals surface area contributed by atoms with E-state index in [1.165, 1.54) is 26.4 Å². The molecule has 0 heterocycles. The summed E-state index contributed by atoms with van der Waals surface area (Å²) in [4.78, 5) is 25.6. The lowest BCUT2D eigenvalue weighted by Crippen LogP contribution is -2.18. The number of nitrogens with one attached hydrogen (secondary N) is 2. The molecule has 2 amide bonds. The number of benzene rings is 3. The third-order valence-electron chi connectivity index (χ3n) is 4.39. The third kappa shape index (κ3) is 4.72. The SMILES string of the molecule is COc1cc(C(=O)Nc2ccccc2C(=O)Nc2cccc(C)c2)cc(Cl)c1OC. The number of methoxy groups -OCH3 is 2. The highest BCUT2D eigenvalue weighted by Crippen LogP contribution is 2.36. The molecule has 0 saturated carbocycles. The minimum atomic E-state index is -0.436. The van der Waals surface area contributed by atoms with Gasteiger partial charge in [-0.25, -0.2) is 0 Å². The van der Waals surface area contributed by atoms with Gasteiger partial charge in [0.25, 0.3) is 11.8 Å². The Morgan fingerprint density at radius 1 is 0.867 bits per heavy atom. The Balaban J connectivity index is 1.85. The lowest BCUT2D eigenvalue weighted by Gasteiger charge is -2.14. The molecule has 0 saturated heterocycles. The van der Waals surface area contributed by atoms with E-state index >= 15 is 0 Å². The zero-order valence-corrected chi connectivity index (χ0v) is 17.5. The molecule has 0 radical (unpaired) electrons. The van der Waals surface area contributed by atoms with Crippen molar-refractivity contribution >= 4 is 34.8 Å². The van der Waals surface area contributed by atoms with E-state index in [4.69, 9.17) is 21.1 Å². The lowest BCUT2D eigenvalue weighted by molar-refractivity contribution is 0.102. The van der Waals surface area contributed by atoms with Crippen LogP contribution in [0.15, 0.2) is 60.7 Å². The van der Waals surface area contributed by atoms with E-state index in [1.807, 2.05) is 25.1 Å². The smallest absolute Gasteiger partial charge is 0.257 e. The number of ether oxygens (including phenoxy) is 2. The molecular formula is C23H21ClN2O4. The van der Waals surface area contributed by atoms with E-state index in [9.17, 15) is 9.59 Å². The second-order valence-corrected chi connectivity index (χ2v) is 6.92. The molecule has 6 nitrogen and oxygen atoms in total. The van der Waals surface area contributed by atoms with Crippen molar-refractivity contribution in [1.82, 2.24) is 0 Å². The molecule has 30 heavy (non-hydrogen) atoms. The second-order valence-electron chi connectivity index (χ2n) is 6.52. The highest BCUT2D eigenvalue weighted by molar-refractivity contribution is 6.32. The maximum Gasteiger partial charge on any atom is 0.257 e. The standard InChI is InChI=1S/C23H21ClN2O4/c1-14-7-6-8-16(11-14)25-23(28)17-9-4-5-10-19(17)26-22(27)15-12-18(24)21(30-3)20(13-15)29-2/h4-13H,1-3H3,(H,25,28)(H,26,27). The first-order valence-electron chi connectivity index (χ1n) is 9.13. The minimum absolute atomic E-state index is 0.243. The maximum atomic E-state index is 12.8. The summed E-state index contributed by atoms with van der Waals surface area (Å²) in [6, 6.07) is 17.2. The molecule has 0 bridgehead atoms. The Kier molecular flexibility index (Phi) is 6.59. The maximum absolute atomic E-state index is 12.8. The molecule has 3 aromatic rings. The average Bonchev–Trinajstić information content (AvgIpc) is 2.73. The highest BCUT2D eigenvalue weighted by Gasteiger charge is 2.18. The molecule has 2 N–H and O–H groups in total. The number of carbonyl (C=O) groups is 2.